The molecule has 30 heavy (non-hydrogen) atoms. The van der Waals surface area contributed by atoms with Crippen LogP contribution in [0.2, 0.25) is 0 Å². The predicted molar refractivity (Wildman–Crippen MR) is 125 cm³/mol. The van der Waals surface area contributed by atoms with Gasteiger partial charge in [-0.05, 0) is 45.0 Å². The Hall–Kier alpha value is -3.10. The van der Waals surface area contributed by atoms with Crippen molar-refractivity contribution in [3.05, 3.63) is 102 Å². The highest BCUT2D eigenvalue weighted by molar-refractivity contribution is 5.98. The Bertz CT molecular complexity index is 1170. The smallest absolute Gasteiger partial charge is 0.129 e. The molecule has 0 spiro atoms. The molecule has 0 aliphatic rings. The van der Waals surface area contributed by atoms with Crippen LogP contribution in [-0.2, 0) is 11.8 Å². The van der Waals surface area contributed by atoms with E-state index >= 15 is 0 Å². The molecule has 2 N–H and O–H groups in total. The second-order valence-corrected chi connectivity index (χ2v) is 8.94. The van der Waals surface area contributed by atoms with Crippen molar-refractivity contribution in [2.45, 2.75) is 38.7 Å². The van der Waals surface area contributed by atoms with Crippen LogP contribution >= 0.6 is 0 Å². The van der Waals surface area contributed by atoms with Gasteiger partial charge in [-0.15, -0.1) is 0 Å². The molecule has 0 fully saturated rings. The lowest BCUT2D eigenvalue weighted by atomic mass is 9.82. The first-order chi connectivity index (χ1) is 14.3. The SMILES string of the molecule is CC(C)(C)c1cc(-c2cccc3ccccc23)c(O)c(C(O)Cc2ccccc2)c1. The second-order valence-electron chi connectivity index (χ2n) is 8.94. The zero-order valence-corrected chi connectivity index (χ0v) is 17.8. The van der Waals surface area contributed by atoms with E-state index in [4.69, 9.17) is 0 Å². The van der Waals surface area contributed by atoms with Crippen LogP contribution in [0.5, 0.6) is 5.75 Å². The van der Waals surface area contributed by atoms with Crippen molar-refractivity contribution >= 4 is 10.8 Å². The molecule has 0 bridgehead atoms. The third kappa shape index (κ3) is 3.96. The van der Waals surface area contributed by atoms with Crippen LogP contribution < -0.4 is 0 Å². The molecule has 0 aromatic heterocycles. The summed E-state index contributed by atoms with van der Waals surface area (Å²) in [6.07, 6.45) is -0.333. The van der Waals surface area contributed by atoms with Gasteiger partial charge in [-0.3, -0.25) is 0 Å². The van der Waals surface area contributed by atoms with Crippen LogP contribution in [0.4, 0.5) is 0 Å². The molecule has 0 saturated heterocycles. The Morgan fingerprint density at radius 1 is 0.767 bits per heavy atom. The fourth-order valence-corrected chi connectivity index (χ4v) is 3.96. The number of rotatable bonds is 4. The Kier molecular flexibility index (Phi) is 5.36. The molecule has 4 aromatic carbocycles. The van der Waals surface area contributed by atoms with Gasteiger partial charge in [-0.2, -0.15) is 0 Å². The summed E-state index contributed by atoms with van der Waals surface area (Å²) >= 11 is 0. The molecular weight excluding hydrogens is 368 g/mol. The lowest BCUT2D eigenvalue weighted by molar-refractivity contribution is 0.174. The van der Waals surface area contributed by atoms with E-state index in [1.807, 2.05) is 60.7 Å². The second kappa shape index (κ2) is 7.97. The van der Waals surface area contributed by atoms with Gasteiger partial charge in [-0.25, -0.2) is 0 Å². The first kappa shape index (κ1) is 20.2. The predicted octanol–water partition coefficient (Wildman–Crippen LogP) is 6.79. The molecule has 1 atom stereocenters. The van der Waals surface area contributed by atoms with Crippen molar-refractivity contribution in [1.29, 1.82) is 0 Å². The van der Waals surface area contributed by atoms with E-state index in [2.05, 4.69) is 45.0 Å². The van der Waals surface area contributed by atoms with Gasteiger partial charge in [0.15, 0.2) is 0 Å². The summed E-state index contributed by atoms with van der Waals surface area (Å²) in [5.41, 5.74) is 4.33. The molecule has 0 aliphatic heterocycles. The van der Waals surface area contributed by atoms with Crippen molar-refractivity contribution < 1.29 is 10.2 Å². The third-order valence-corrected chi connectivity index (χ3v) is 5.72. The summed E-state index contributed by atoms with van der Waals surface area (Å²) in [5, 5.41) is 24.6. The molecule has 4 aromatic rings. The molecule has 2 heteroatoms. The van der Waals surface area contributed by atoms with Crippen LogP contribution in [-0.4, -0.2) is 10.2 Å². The molecule has 4 rings (SSSR count). The van der Waals surface area contributed by atoms with Gasteiger partial charge in [0.2, 0.25) is 0 Å². The van der Waals surface area contributed by atoms with Gasteiger partial charge in [0.1, 0.15) is 5.75 Å². The fourth-order valence-electron chi connectivity index (χ4n) is 3.96. The minimum atomic E-state index is -0.788. The van der Waals surface area contributed by atoms with Gasteiger partial charge < -0.3 is 10.2 Å². The van der Waals surface area contributed by atoms with Crippen LogP contribution in [0.25, 0.3) is 21.9 Å². The van der Waals surface area contributed by atoms with Crippen molar-refractivity contribution in [2.24, 2.45) is 0 Å². The number of aliphatic hydroxyl groups is 1. The first-order valence-corrected chi connectivity index (χ1v) is 10.4. The highest BCUT2D eigenvalue weighted by Gasteiger charge is 2.23. The molecular formula is C28H28O2. The molecule has 1 unspecified atom stereocenters. The monoisotopic (exact) mass is 396 g/mol. The van der Waals surface area contributed by atoms with Crippen LogP contribution in [0, 0.1) is 0 Å². The summed E-state index contributed by atoms with van der Waals surface area (Å²) < 4.78 is 0. The van der Waals surface area contributed by atoms with E-state index in [0.717, 1.165) is 33.0 Å². The zero-order chi connectivity index (χ0) is 21.3. The van der Waals surface area contributed by atoms with E-state index in [-0.39, 0.29) is 11.2 Å². The third-order valence-electron chi connectivity index (χ3n) is 5.72. The maximum atomic E-state index is 11.3. The average Bonchev–Trinajstić information content (AvgIpc) is 2.73. The van der Waals surface area contributed by atoms with Gasteiger partial charge in [0.05, 0.1) is 6.10 Å². The maximum Gasteiger partial charge on any atom is 0.129 e. The van der Waals surface area contributed by atoms with E-state index in [0.29, 0.717) is 12.0 Å². The van der Waals surface area contributed by atoms with Gasteiger partial charge in [-0.1, -0.05) is 93.6 Å². The topological polar surface area (TPSA) is 40.5 Å². The summed E-state index contributed by atoms with van der Waals surface area (Å²) in [6.45, 7) is 6.46. The minimum Gasteiger partial charge on any atom is -0.507 e. The molecule has 152 valence electrons. The molecule has 0 radical (unpaired) electrons. The van der Waals surface area contributed by atoms with E-state index in [1.54, 1.807) is 0 Å². The number of fused-ring (bicyclic) bond motifs is 1. The normalized spacial score (nSPS) is 12.8. The highest BCUT2D eigenvalue weighted by Crippen LogP contribution is 2.42. The molecule has 0 saturated carbocycles. The number of phenols is 1. The molecule has 0 amide bonds. The highest BCUT2D eigenvalue weighted by atomic mass is 16.3. The number of aliphatic hydroxyl groups excluding tert-OH is 1. The van der Waals surface area contributed by atoms with E-state index < -0.39 is 6.10 Å². The molecule has 2 nitrogen and oxygen atoms in total. The van der Waals surface area contributed by atoms with E-state index in [1.165, 1.54) is 0 Å². The maximum absolute atomic E-state index is 11.3. The standard InChI is InChI=1S/C28H28O2/c1-28(2,3)21-17-24(23-15-9-13-20-12-7-8-14-22(20)23)27(30)25(18-21)26(29)16-19-10-5-4-6-11-19/h4-15,17-18,26,29-30H,16H2,1-3H3. The van der Waals surface area contributed by atoms with Crippen LogP contribution in [0.1, 0.15) is 43.6 Å². The lowest BCUT2D eigenvalue weighted by Crippen LogP contribution is -2.13. The number of benzene rings is 4. The number of phenolic OH excluding ortho intramolecular Hbond substituents is 1. The Balaban J connectivity index is 1.89. The molecule has 0 heterocycles. The van der Waals surface area contributed by atoms with Gasteiger partial charge in [0, 0.05) is 17.5 Å². The van der Waals surface area contributed by atoms with Crippen molar-refractivity contribution in [3.63, 3.8) is 0 Å². The number of hydrogen-bond acceptors (Lipinski definition) is 2. The van der Waals surface area contributed by atoms with Crippen molar-refractivity contribution in [3.8, 4) is 16.9 Å². The van der Waals surface area contributed by atoms with Crippen molar-refractivity contribution in [1.82, 2.24) is 0 Å². The minimum absolute atomic E-state index is 0.117. The fraction of sp³-hybridized carbons (Fsp3) is 0.214. The Morgan fingerprint density at radius 3 is 2.17 bits per heavy atom. The Labute approximate surface area is 178 Å². The number of aromatic hydroxyl groups is 1. The first-order valence-electron chi connectivity index (χ1n) is 10.4. The van der Waals surface area contributed by atoms with E-state index in [9.17, 15) is 10.2 Å². The summed E-state index contributed by atoms with van der Waals surface area (Å²) in [5.74, 6) is 0.155. The number of hydrogen-bond donors (Lipinski definition) is 2. The lowest BCUT2D eigenvalue weighted by Gasteiger charge is -2.24. The quantitative estimate of drug-likeness (QED) is 0.399. The Morgan fingerprint density at radius 2 is 1.43 bits per heavy atom. The van der Waals surface area contributed by atoms with Crippen LogP contribution in [0.3, 0.4) is 0 Å². The zero-order valence-electron chi connectivity index (χ0n) is 17.8. The average molecular weight is 397 g/mol. The van der Waals surface area contributed by atoms with Crippen molar-refractivity contribution in [2.75, 3.05) is 0 Å². The van der Waals surface area contributed by atoms with Gasteiger partial charge >= 0.3 is 0 Å². The summed E-state index contributed by atoms with van der Waals surface area (Å²) in [6, 6.07) is 28.2. The van der Waals surface area contributed by atoms with Crippen LogP contribution in [0.15, 0.2) is 84.9 Å². The van der Waals surface area contributed by atoms with Gasteiger partial charge in [0.25, 0.3) is 0 Å². The largest absolute Gasteiger partial charge is 0.507 e. The summed E-state index contributed by atoms with van der Waals surface area (Å²) in [7, 11) is 0. The summed E-state index contributed by atoms with van der Waals surface area (Å²) in [4.78, 5) is 0. The molecule has 0 aliphatic carbocycles.